The van der Waals surface area contributed by atoms with E-state index < -0.39 is 0 Å². The highest BCUT2D eigenvalue weighted by Gasteiger charge is 2.24. The molecule has 1 saturated carbocycles. The third-order valence-corrected chi connectivity index (χ3v) is 3.98. The molecule has 0 amide bonds. The van der Waals surface area contributed by atoms with Gasteiger partial charge < -0.3 is 14.8 Å². The van der Waals surface area contributed by atoms with Gasteiger partial charge in [-0.05, 0) is 31.4 Å². The molecule has 2 atom stereocenters. The van der Waals surface area contributed by atoms with Crippen LogP contribution in [0.3, 0.4) is 0 Å². The number of aromatic nitrogens is 2. The van der Waals surface area contributed by atoms with E-state index in [0.29, 0.717) is 17.9 Å². The molecule has 0 aliphatic heterocycles. The first-order valence-corrected chi connectivity index (χ1v) is 7.44. The minimum Gasteiger partial charge on any atom is -0.474 e. The van der Waals surface area contributed by atoms with Gasteiger partial charge in [-0.2, -0.15) is 4.98 Å². The molecular formula is C16H21N3O2. The van der Waals surface area contributed by atoms with E-state index in [0.717, 1.165) is 36.6 Å². The molecule has 1 aromatic carbocycles. The lowest BCUT2D eigenvalue weighted by molar-refractivity contribution is 0.0201. The molecule has 0 saturated heterocycles. The van der Waals surface area contributed by atoms with E-state index in [1.807, 2.05) is 31.3 Å². The lowest BCUT2D eigenvalue weighted by atomic mass is 9.95. The maximum absolute atomic E-state index is 6.17. The normalized spacial score (nSPS) is 22.2. The Labute approximate surface area is 124 Å². The molecule has 5 nitrogen and oxygen atoms in total. The molecule has 0 radical (unpaired) electrons. The predicted octanol–water partition coefficient (Wildman–Crippen LogP) is 3.01. The van der Waals surface area contributed by atoms with Crippen LogP contribution < -0.4 is 10.1 Å². The summed E-state index contributed by atoms with van der Waals surface area (Å²) in [6, 6.07) is 7.93. The SMILES string of the molecule is CNc1nc(OC2CCCC(OC)C2)c2ccccc2n1. The molecule has 2 aromatic rings. The Morgan fingerprint density at radius 1 is 1.14 bits per heavy atom. The van der Waals surface area contributed by atoms with Crippen LogP contribution in [0, 0.1) is 0 Å². The van der Waals surface area contributed by atoms with Crippen molar-refractivity contribution in [3.05, 3.63) is 24.3 Å². The lowest BCUT2D eigenvalue weighted by Gasteiger charge is -2.28. The fourth-order valence-electron chi connectivity index (χ4n) is 2.83. The number of hydrogen-bond donors (Lipinski definition) is 1. The van der Waals surface area contributed by atoms with Crippen molar-refractivity contribution in [3.63, 3.8) is 0 Å². The third-order valence-electron chi connectivity index (χ3n) is 3.98. The Hall–Kier alpha value is -1.88. The maximum atomic E-state index is 6.17. The van der Waals surface area contributed by atoms with Crippen LogP contribution in [0.1, 0.15) is 25.7 Å². The Balaban J connectivity index is 1.88. The van der Waals surface area contributed by atoms with E-state index >= 15 is 0 Å². The van der Waals surface area contributed by atoms with Gasteiger partial charge in [0.25, 0.3) is 0 Å². The van der Waals surface area contributed by atoms with Gasteiger partial charge in [0.05, 0.1) is 17.0 Å². The van der Waals surface area contributed by atoms with Crippen LogP contribution in [0.2, 0.25) is 0 Å². The molecule has 1 aliphatic rings. The van der Waals surface area contributed by atoms with E-state index in [1.54, 1.807) is 7.11 Å². The van der Waals surface area contributed by atoms with Crippen LogP contribution in [-0.2, 0) is 4.74 Å². The van der Waals surface area contributed by atoms with E-state index in [-0.39, 0.29) is 6.10 Å². The molecule has 1 heterocycles. The van der Waals surface area contributed by atoms with E-state index in [1.165, 1.54) is 0 Å². The number of nitrogens with one attached hydrogen (secondary N) is 1. The van der Waals surface area contributed by atoms with Crippen LogP contribution in [0.25, 0.3) is 10.9 Å². The van der Waals surface area contributed by atoms with Crippen molar-refractivity contribution in [1.29, 1.82) is 0 Å². The molecule has 1 aromatic heterocycles. The second-order valence-corrected chi connectivity index (χ2v) is 5.38. The van der Waals surface area contributed by atoms with Crippen LogP contribution >= 0.6 is 0 Å². The summed E-state index contributed by atoms with van der Waals surface area (Å²) in [6.45, 7) is 0. The summed E-state index contributed by atoms with van der Waals surface area (Å²) >= 11 is 0. The van der Waals surface area contributed by atoms with E-state index in [2.05, 4.69) is 15.3 Å². The average Bonchev–Trinajstić information content (AvgIpc) is 2.55. The molecule has 1 aliphatic carbocycles. The Morgan fingerprint density at radius 3 is 2.76 bits per heavy atom. The van der Waals surface area contributed by atoms with Crippen LogP contribution in [0.15, 0.2) is 24.3 Å². The van der Waals surface area contributed by atoms with Crippen molar-refractivity contribution in [3.8, 4) is 5.88 Å². The third kappa shape index (κ3) is 3.08. The zero-order chi connectivity index (χ0) is 14.7. The van der Waals surface area contributed by atoms with Gasteiger partial charge in [0.2, 0.25) is 11.8 Å². The van der Waals surface area contributed by atoms with Gasteiger partial charge in [0.15, 0.2) is 0 Å². The standard InChI is InChI=1S/C16H21N3O2/c1-17-16-18-14-9-4-3-8-13(14)15(19-16)21-12-7-5-6-11(10-12)20-2/h3-4,8-9,11-12H,5-7,10H2,1-2H3,(H,17,18,19). The monoisotopic (exact) mass is 287 g/mol. The van der Waals surface area contributed by atoms with Crippen molar-refractivity contribution in [2.24, 2.45) is 0 Å². The van der Waals surface area contributed by atoms with Crippen molar-refractivity contribution >= 4 is 16.9 Å². The largest absolute Gasteiger partial charge is 0.474 e. The van der Waals surface area contributed by atoms with Gasteiger partial charge in [-0.3, -0.25) is 0 Å². The molecule has 1 N–H and O–H groups in total. The summed E-state index contributed by atoms with van der Waals surface area (Å²) in [5, 5.41) is 3.94. The molecule has 5 heteroatoms. The van der Waals surface area contributed by atoms with E-state index in [4.69, 9.17) is 9.47 Å². The van der Waals surface area contributed by atoms with Gasteiger partial charge >= 0.3 is 0 Å². The summed E-state index contributed by atoms with van der Waals surface area (Å²) < 4.78 is 11.6. The molecule has 3 rings (SSSR count). The molecule has 112 valence electrons. The summed E-state index contributed by atoms with van der Waals surface area (Å²) in [6.07, 6.45) is 4.66. The number of ether oxygens (including phenoxy) is 2. The van der Waals surface area contributed by atoms with Crippen LogP contribution in [0.5, 0.6) is 5.88 Å². The average molecular weight is 287 g/mol. The molecular weight excluding hydrogens is 266 g/mol. The second-order valence-electron chi connectivity index (χ2n) is 5.38. The van der Waals surface area contributed by atoms with Crippen LogP contribution in [-0.4, -0.2) is 36.3 Å². The highest BCUT2D eigenvalue weighted by Crippen LogP contribution is 2.29. The molecule has 0 bridgehead atoms. The number of rotatable bonds is 4. The quantitative estimate of drug-likeness (QED) is 0.936. The van der Waals surface area contributed by atoms with Gasteiger partial charge in [-0.15, -0.1) is 0 Å². The number of methoxy groups -OCH3 is 1. The Bertz CT molecular complexity index is 617. The number of hydrogen-bond acceptors (Lipinski definition) is 5. The first-order valence-electron chi connectivity index (χ1n) is 7.44. The Morgan fingerprint density at radius 2 is 1.95 bits per heavy atom. The van der Waals surface area contributed by atoms with Gasteiger partial charge in [0, 0.05) is 20.6 Å². The summed E-state index contributed by atoms with van der Waals surface area (Å²) in [5.74, 6) is 1.24. The van der Waals surface area contributed by atoms with Crippen molar-refractivity contribution in [1.82, 2.24) is 9.97 Å². The minimum absolute atomic E-state index is 0.159. The van der Waals surface area contributed by atoms with Crippen molar-refractivity contribution in [2.75, 3.05) is 19.5 Å². The van der Waals surface area contributed by atoms with Crippen molar-refractivity contribution in [2.45, 2.75) is 37.9 Å². The zero-order valence-electron chi connectivity index (χ0n) is 12.5. The number of nitrogens with zero attached hydrogens (tertiary/aromatic N) is 2. The first kappa shape index (κ1) is 14.1. The van der Waals surface area contributed by atoms with E-state index in [9.17, 15) is 0 Å². The number of fused-ring (bicyclic) bond motifs is 1. The highest BCUT2D eigenvalue weighted by atomic mass is 16.5. The van der Waals surface area contributed by atoms with Gasteiger partial charge in [-0.1, -0.05) is 12.1 Å². The lowest BCUT2D eigenvalue weighted by Crippen LogP contribution is -2.29. The second kappa shape index (κ2) is 6.26. The zero-order valence-corrected chi connectivity index (χ0v) is 12.5. The topological polar surface area (TPSA) is 56.3 Å². The molecule has 1 fully saturated rings. The predicted molar refractivity (Wildman–Crippen MR) is 82.8 cm³/mol. The fourth-order valence-corrected chi connectivity index (χ4v) is 2.83. The summed E-state index contributed by atoms with van der Waals surface area (Å²) in [5.41, 5.74) is 0.894. The molecule has 0 spiro atoms. The first-order chi connectivity index (χ1) is 10.3. The smallest absolute Gasteiger partial charge is 0.226 e. The summed E-state index contributed by atoms with van der Waals surface area (Å²) in [7, 11) is 3.59. The molecule has 2 unspecified atom stereocenters. The van der Waals surface area contributed by atoms with Gasteiger partial charge in [-0.25, -0.2) is 4.98 Å². The van der Waals surface area contributed by atoms with Crippen LogP contribution in [0.4, 0.5) is 5.95 Å². The number of para-hydroxylation sites is 1. The highest BCUT2D eigenvalue weighted by molar-refractivity contribution is 5.84. The number of anilines is 1. The minimum atomic E-state index is 0.159. The molecule has 21 heavy (non-hydrogen) atoms. The Kier molecular flexibility index (Phi) is 4.20. The van der Waals surface area contributed by atoms with Crippen molar-refractivity contribution < 1.29 is 9.47 Å². The fraction of sp³-hybridized carbons (Fsp3) is 0.500. The number of benzene rings is 1. The van der Waals surface area contributed by atoms with Gasteiger partial charge in [0.1, 0.15) is 6.10 Å². The maximum Gasteiger partial charge on any atom is 0.226 e. The summed E-state index contributed by atoms with van der Waals surface area (Å²) in [4.78, 5) is 8.93.